The fourth-order valence-corrected chi connectivity index (χ4v) is 6.51. The monoisotopic (exact) mass is 591 g/mol. The van der Waals surface area contributed by atoms with Gasteiger partial charge in [0, 0.05) is 10.8 Å². The Morgan fingerprint density at radius 3 is 1.87 bits per heavy atom. The molecule has 38 heavy (non-hydrogen) atoms. The molecule has 12 nitrogen and oxygen atoms in total. The standard InChI is InChI=1S/C22H11Cl2N5O7S2/c23-13-5-9-17(21-19(13)25-35-27-21)37(30,31)29-15-7-8-16(12-4-2-1-3-11(12)15)34-38(32,33)18-10-6-14(24)20-22(18)28-36-26-20/h1-10,29H. The molecular weight excluding hydrogens is 581 g/mol. The second kappa shape index (κ2) is 8.80. The van der Waals surface area contributed by atoms with Crippen molar-refractivity contribution in [2.45, 2.75) is 9.79 Å². The van der Waals surface area contributed by atoms with Crippen molar-refractivity contribution < 1.29 is 30.3 Å². The summed E-state index contributed by atoms with van der Waals surface area (Å²) in [4.78, 5) is -0.516. The fraction of sp³-hybridized carbons (Fsp3) is 0. The molecule has 4 aromatic carbocycles. The predicted octanol–water partition coefficient (Wildman–Crippen LogP) is 4.79. The van der Waals surface area contributed by atoms with E-state index in [1.165, 1.54) is 36.4 Å². The zero-order valence-electron chi connectivity index (χ0n) is 18.5. The number of nitrogens with zero attached hydrogens (tertiary/aromatic N) is 4. The van der Waals surface area contributed by atoms with Gasteiger partial charge in [0.2, 0.25) is 0 Å². The number of halogens is 2. The Morgan fingerprint density at radius 1 is 0.658 bits per heavy atom. The third kappa shape index (κ3) is 3.98. The molecule has 2 aromatic heterocycles. The Labute approximate surface area is 223 Å². The van der Waals surface area contributed by atoms with Crippen LogP contribution in [0.2, 0.25) is 10.0 Å². The van der Waals surface area contributed by atoms with Gasteiger partial charge in [-0.15, -0.1) is 0 Å². The summed E-state index contributed by atoms with van der Waals surface area (Å²) in [6, 6.07) is 14.4. The number of sulfonamides is 1. The molecule has 0 atom stereocenters. The molecule has 16 heteroatoms. The van der Waals surface area contributed by atoms with Gasteiger partial charge in [-0.25, -0.2) is 17.7 Å². The summed E-state index contributed by atoms with van der Waals surface area (Å²) in [5, 5.41) is 15.5. The number of hydrogen-bond donors (Lipinski definition) is 1. The summed E-state index contributed by atoms with van der Waals surface area (Å²) in [6.45, 7) is 0. The Morgan fingerprint density at radius 2 is 1.21 bits per heavy atom. The van der Waals surface area contributed by atoms with Gasteiger partial charge in [-0.1, -0.05) is 47.5 Å². The van der Waals surface area contributed by atoms with Crippen LogP contribution >= 0.6 is 23.2 Å². The molecule has 0 aliphatic rings. The number of benzene rings is 4. The van der Waals surface area contributed by atoms with E-state index in [4.69, 9.17) is 27.4 Å². The van der Waals surface area contributed by atoms with E-state index in [1.54, 1.807) is 24.3 Å². The molecule has 0 saturated carbocycles. The first-order valence-corrected chi connectivity index (χ1v) is 14.1. The van der Waals surface area contributed by atoms with Crippen molar-refractivity contribution in [2.24, 2.45) is 0 Å². The predicted molar refractivity (Wildman–Crippen MR) is 136 cm³/mol. The van der Waals surface area contributed by atoms with Crippen LogP contribution < -0.4 is 8.91 Å². The van der Waals surface area contributed by atoms with Gasteiger partial charge >= 0.3 is 10.1 Å². The summed E-state index contributed by atoms with van der Waals surface area (Å²) in [5.41, 5.74) is 0.163. The average Bonchev–Trinajstić information content (AvgIpc) is 3.57. The fourth-order valence-electron chi connectivity index (χ4n) is 3.84. The number of nitrogens with one attached hydrogen (secondary N) is 1. The van der Waals surface area contributed by atoms with Gasteiger partial charge in [0.15, 0.2) is 27.8 Å². The van der Waals surface area contributed by atoms with E-state index in [0.717, 1.165) is 0 Å². The van der Waals surface area contributed by atoms with E-state index in [9.17, 15) is 16.8 Å². The van der Waals surface area contributed by atoms with Crippen LogP contribution in [0.25, 0.3) is 32.8 Å². The molecule has 2 heterocycles. The van der Waals surface area contributed by atoms with Crippen molar-refractivity contribution in [3.05, 3.63) is 70.7 Å². The summed E-state index contributed by atoms with van der Waals surface area (Å²) < 4.78 is 70.1. The summed E-state index contributed by atoms with van der Waals surface area (Å²) in [5.74, 6) is -0.0577. The minimum absolute atomic E-state index is 0.0445. The van der Waals surface area contributed by atoms with Crippen LogP contribution in [-0.2, 0) is 20.1 Å². The molecule has 192 valence electrons. The van der Waals surface area contributed by atoms with Gasteiger partial charge in [-0.2, -0.15) is 8.42 Å². The third-order valence-electron chi connectivity index (χ3n) is 5.55. The summed E-state index contributed by atoms with van der Waals surface area (Å²) >= 11 is 12.1. The van der Waals surface area contributed by atoms with Crippen LogP contribution in [-0.4, -0.2) is 37.5 Å². The smallest absolute Gasteiger partial charge is 0.341 e. The van der Waals surface area contributed by atoms with Gasteiger partial charge in [-0.3, -0.25) is 4.72 Å². The Kier molecular flexibility index (Phi) is 5.64. The maximum Gasteiger partial charge on any atom is 0.341 e. The number of rotatable bonds is 6. The van der Waals surface area contributed by atoms with Crippen molar-refractivity contribution in [1.29, 1.82) is 0 Å². The lowest BCUT2D eigenvalue weighted by atomic mass is 10.1. The topological polar surface area (TPSA) is 167 Å². The molecule has 0 saturated heterocycles. The number of aromatic nitrogens is 4. The largest absolute Gasteiger partial charge is 0.378 e. The van der Waals surface area contributed by atoms with E-state index in [2.05, 4.69) is 34.6 Å². The van der Waals surface area contributed by atoms with Crippen molar-refractivity contribution in [3.63, 3.8) is 0 Å². The first kappa shape index (κ1) is 24.4. The molecule has 6 aromatic rings. The summed E-state index contributed by atoms with van der Waals surface area (Å²) in [6.07, 6.45) is 0. The normalized spacial score (nSPS) is 12.4. The molecule has 0 unspecified atom stereocenters. The van der Waals surface area contributed by atoms with Crippen LogP contribution in [0.5, 0.6) is 5.75 Å². The second-order valence-electron chi connectivity index (χ2n) is 7.81. The van der Waals surface area contributed by atoms with E-state index in [1.807, 2.05) is 0 Å². The van der Waals surface area contributed by atoms with Gasteiger partial charge in [0.05, 0.1) is 15.7 Å². The molecule has 0 aliphatic heterocycles. The highest BCUT2D eigenvalue weighted by atomic mass is 35.5. The molecule has 0 bridgehead atoms. The van der Waals surface area contributed by atoms with E-state index in [-0.39, 0.29) is 53.3 Å². The molecule has 6 rings (SSSR count). The SMILES string of the molecule is O=S(=O)(Nc1ccc(OS(=O)(=O)c2ccc(Cl)c3nonc23)c2ccccc12)c1ccc(Cl)c2nonc12. The van der Waals surface area contributed by atoms with Crippen LogP contribution in [0.1, 0.15) is 0 Å². The Bertz CT molecular complexity index is 1960. The maximum atomic E-state index is 13.3. The van der Waals surface area contributed by atoms with Crippen molar-refractivity contribution in [3.8, 4) is 5.75 Å². The lowest BCUT2D eigenvalue weighted by Crippen LogP contribution is -2.14. The first-order valence-electron chi connectivity index (χ1n) is 10.5. The van der Waals surface area contributed by atoms with Crippen molar-refractivity contribution >= 4 is 81.9 Å². The Balaban J connectivity index is 1.41. The van der Waals surface area contributed by atoms with E-state index in [0.29, 0.717) is 10.8 Å². The molecule has 0 spiro atoms. The van der Waals surface area contributed by atoms with Crippen molar-refractivity contribution in [1.82, 2.24) is 20.6 Å². The number of anilines is 1. The lowest BCUT2D eigenvalue weighted by Gasteiger charge is -2.14. The molecule has 0 amide bonds. The third-order valence-corrected chi connectivity index (χ3v) is 8.82. The molecular formula is C22H11Cl2N5O7S2. The maximum absolute atomic E-state index is 13.3. The number of fused-ring (bicyclic) bond motifs is 3. The minimum atomic E-state index is -4.43. The zero-order chi connectivity index (χ0) is 26.7. The first-order chi connectivity index (χ1) is 18.2. The van der Waals surface area contributed by atoms with Crippen molar-refractivity contribution in [2.75, 3.05) is 4.72 Å². The van der Waals surface area contributed by atoms with E-state index < -0.39 is 20.1 Å². The van der Waals surface area contributed by atoms with Gasteiger partial charge in [0.1, 0.15) is 9.79 Å². The van der Waals surface area contributed by atoms with Gasteiger partial charge in [0.25, 0.3) is 10.0 Å². The highest BCUT2D eigenvalue weighted by Gasteiger charge is 2.27. The molecule has 0 aliphatic carbocycles. The molecule has 0 radical (unpaired) electrons. The highest BCUT2D eigenvalue weighted by Crippen LogP contribution is 2.36. The second-order valence-corrected chi connectivity index (χ2v) is 11.8. The average molecular weight is 592 g/mol. The summed E-state index contributed by atoms with van der Waals surface area (Å²) in [7, 11) is -8.63. The quantitative estimate of drug-likeness (QED) is 0.264. The van der Waals surface area contributed by atoms with Crippen LogP contribution in [0.3, 0.4) is 0 Å². The van der Waals surface area contributed by atoms with Crippen LogP contribution in [0.4, 0.5) is 5.69 Å². The van der Waals surface area contributed by atoms with Gasteiger partial charge < -0.3 is 4.18 Å². The highest BCUT2D eigenvalue weighted by molar-refractivity contribution is 7.93. The van der Waals surface area contributed by atoms with Crippen LogP contribution in [0.15, 0.2) is 79.7 Å². The molecule has 1 N–H and O–H groups in total. The Hall–Kier alpha value is -3.98. The lowest BCUT2D eigenvalue weighted by molar-refractivity contribution is 0.315. The van der Waals surface area contributed by atoms with E-state index >= 15 is 0 Å². The van der Waals surface area contributed by atoms with Gasteiger partial charge in [-0.05, 0) is 57.0 Å². The zero-order valence-corrected chi connectivity index (χ0v) is 21.6. The number of hydrogen-bond acceptors (Lipinski definition) is 11. The van der Waals surface area contributed by atoms with Crippen LogP contribution in [0, 0.1) is 0 Å². The minimum Gasteiger partial charge on any atom is -0.378 e. The molecule has 0 fully saturated rings.